The molecule has 3 heteroatoms. The van der Waals surface area contributed by atoms with Gasteiger partial charge in [-0.25, -0.2) is 9.78 Å². The predicted molar refractivity (Wildman–Crippen MR) is 93.8 cm³/mol. The van der Waals surface area contributed by atoms with Crippen molar-refractivity contribution in [3.05, 3.63) is 38.0 Å². The van der Waals surface area contributed by atoms with Gasteiger partial charge in [0.25, 0.3) is 0 Å². The molecule has 0 radical (unpaired) electrons. The van der Waals surface area contributed by atoms with Crippen LogP contribution >= 0.6 is 0 Å². The van der Waals surface area contributed by atoms with Crippen LogP contribution in [0.1, 0.15) is 41.5 Å². The van der Waals surface area contributed by atoms with Gasteiger partial charge in [0.15, 0.2) is 0 Å². The van der Waals surface area contributed by atoms with Gasteiger partial charge in [-0.1, -0.05) is 18.2 Å². The molecule has 0 aromatic carbocycles. The zero-order chi connectivity index (χ0) is 16.2. The van der Waals surface area contributed by atoms with Crippen molar-refractivity contribution in [1.82, 2.24) is 0 Å². The number of allylic oxidation sites excluding steroid dienone is 3. The van der Waals surface area contributed by atoms with E-state index in [1.54, 1.807) is 0 Å². The number of hydrogen-bond acceptors (Lipinski definition) is 2. The molecule has 0 bridgehead atoms. The second-order valence-electron chi connectivity index (χ2n) is 6.83. The summed E-state index contributed by atoms with van der Waals surface area (Å²) in [5.74, 6) is 0. The Morgan fingerprint density at radius 3 is 1.10 bits per heavy atom. The molecule has 118 valence electrons. The summed E-state index contributed by atoms with van der Waals surface area (Å²) in [5, 5.41) is 0. The van der Waals surface area contributed by atoms with Crippen molar-refractivity contribution in [1.29, 1.82) is 0 Å². The highest BCUT2D eigenvalue weighted by atomic mass is 28.3. The molecule has 0 aliphatic rings. The van der Waals surface area contributed by atoms with Gasteiger partial charge in [-0.3, -0.25) is 0 Å². The van der Waals surface area contributed by atoms with Crippen LogP contribution in [0.5, 0.6) is 0 Å². The number of rotatable bonds is 7. The molecule has 0 unspecified atom stereocenters. The molecule has 0 aromatic heterocycles. The minimum atomic E-state index is -0.588. The minimum absolute atomic E-state index is 0.215. The SMILES string of the molecule is C=CC[SiH](CC=C)CC=C.CC(C)(C)OOC(C)(C)C. The highest BCUT2D eigenvalue weighted by molar-refractivity contribution is 6.60. The van der Waals surface area contributed by atoms with E-state index in [2.05, 4.69) is 19.7 Å². The van der Waals surface area contributed by atoms with Crippen LogP contribution in [0, 0.1) is 0 Å². The third-order valence-electron chi connectivity index (χ3n) is 2.04. The molecule has 0 N–H and O–H groups in total. The summed E-state index contributed by atoms with van der Waals surface area (Å²) in [6.45, 7) is 22.9. The summed E-state index contributed by atoms with van der Waals surface area (Å²) < 4.78 is 0. The lowest BCUT2D eigenvalue weighted by Gasteiger charge is -2.24. The van der Waals surface area contributed by atoms with E-state index in [9.17, 15) is 0 Å². The summed E-state index contributed by atoms with van der Waals surface area (Å²) in [6, 6.07) is 3.62. The molecule has 0 spiro atoms. The molecule has 0 saturated heterocycles. The van der Waals surface area contributed by atoms with Crippen LogP contribution in [-0.4, -0.2) is 20.0 Å². The summed E-state index contributed by atoms with van der Waals surface area (Å²) in [6.07, 6.45) is 6.05. The van der Waals surface area contributed by atoms with Crippen LogP contribution in [0.3, 0.4) is 0 Å². The maximum Gasteiger partial charge on any atom is 0.0952 e. The molecular weight excluding hydrogens is 264 g/mol. The molecule has 0 saturated carbocycles. The molecule has 0 atom stereocenters. The standard InChI is InChI=1S/C9H16Si.C8H18O2/c1-4-7-10(8-5-2)9-6-3;1-7(2,3)9-10-8(4,5)6/h4-6,10H,1-3,7-9H2;1-6H3. The van der Waals surface area contributed by atoms with Crippen LogP contribution in [0.25, 0.3) is 0 Å². The van der Waals surface area contributed by atoms with Gasteiger partial charge < -0.3 is 0 Å². The zero-order valence-corrected chi connectivity index (χ0v) is 15.5. The smallest absolute Gasteiger partial charge is 0.0952 e. The molecule has 0 fully saturated rings. The molecule has 0 aromatic rings. The van der Waals surface area contributed by atoms with E-state index in [1.165, 1.54) is 18.1 Å². The fraction of sp³-hybridized carbons (Fsp3) is 0.647. The van der Waals surface area contributed by atoms with Crippen LogP contribution in [0.2, 0.25) is 18.1 Å². The highest BCUT2D eigenvalue weighted by Crippen LogP contribution is 2.14. The second kappa shape index (κ2) is 11.1. The first-order valence-electron chi connectivity index (χ1n) is 7.25. The molecular formula is C17H34O2Si. The van der Waals surface area contributed by atoms with E-state index < -0.39 is 8.80 Å². The van der Waals surface area contributed by atoms with Crippen LogP contribution < -0.4 is 0 Å². The van der Waals surface area contributed by atoms with E-state index in [-0.39, 0.29) is 11.2 Å². The molecule has 20 heavy (non-hydrogen) atoms. The van der Waals surface area contributed by atoms with Gasteiger partial charge in [-0.05, 0) is 59.7 Å². The lowest BCUT2D eigenvalue weighted by molar-refractivity contribution is -0.393. The Labute approximate surface area is 128 Å². The van der Waals surface area contributed by atoms with Crippen molar-refractivity contribution in [2.24, 2.45) is 0 Å². The van der Waals surface area contributed by atoms with E-state index in [4.69, 9.17) is 9.78 Å². The van der Waals surface area contributed by atoms with Crippen LogP contribution in [0.4, 0.5) is 0 Å². The van der Waals surface area contributed by atoms with Crippen LogP contribution in [-0.2, 0) is 9.78 Å². The summed E-state index contributed by atoms with van der Waals surface area (Å²) >= 11 is 0. The van der Waals surface area contributed by atoms with Gasteiger partial charge >= 0.3 is 0 Å². The summed E-state index contributed by atoms with van der Waals surface area (Å²) in [4.78, 5) is 10.2. The van der Waals surface area contributed by atoms with Crippen molar-refractivity contribution in [2.45, 2.75) is 70.9 Å². The maximum absolute atomic E-state index is 5.09. The van der Waals surface area contributed by atoms with E-state index >= 15 is 0 Å². The Morgan fingerprint density at radius 2 is 0.950 bits per heavy atom. The first kappa shape index (κ1) is 21.7. The monoisotopic (exact) mass is 298 g/mol. The van der Waals surface area contributed by atoms with Gasteiger partial charge in [-0.2, -0.15) is 0 Å². The van der Waals surface area contributed by atoms with Gasteiger partial charge in [0.2, 0.25) is 0 Å². The lowest BCUT2D eigenvalue weighted by Crippen LogP contribution is -2.27. The van der Waals surface area contributed by atoms with Crippen molar-refractivity contribution >= 4 is 8.80 Å². The molecule has 0 heterocycles. The van der Waals surface area contributed by atoms with E-state index in [0.717, 1.165) is 0 Å². The zero-order valence-electron chi connectivity index (χ0n) is 14.4. The normalized spacial score (nSPS) is 11.6. The maximum atomic E-state index is 5.09. The van der Waals surface area contributed by atoms with Crippen molar-refractivity contribution < 1.29 is 9.78 Å². The Kier molecular flexibility index (Phi) is 12.0. The Balaban J connectivity index is 0. The Bertz CT molecular complexity index is 234. The Morgan fingerprint density at radius 1 is 0.700 bits per heavy atom. The van der Waals surface area contributed by atoms with Crippen molar-refractivity contribution in [3.8, 4) is 0 Å². The minimum Gasteiger partial charge on any atom is -0.230 e. The fourth-order valence-electron chi connectivity index (χ4n) is 1.25. The molecule has 0 rings (SSSR count). The third kappa shape index (κ3) is 19.7. The molecule has 0 aliphatic heterocycles. The molecule has 0 amide bonds. The first-order valence-corrected chi connectivity index (χ1v) is 9.70. The largest absolute Gasteiger partial charge is 0.230 e. The Hall–Kier alpha value is -0.643. The first-order chi connectivity index (χ1) is 9.05. The highest BCUT2D eigenvalue weighted by Gasteiger charge is 2.18. The summed E-state index contributed by atoms with van der Waals surface area (Å²) in [7, 11) is -0.588. The average molecular weight is 299 g/mol. The predicted octanol–water partition coefficient (Wildman–Crippen LogP) is 5.30. The average Bonchev–Trinajstić information content (AvgIpc) is 2.27. The molecule has 0 aliphatic carbocycles. The van der Waals surface area contributed by atoms with E-state index in [1.807, 2.05) is 59.8 Å². The van der Waals surface area contributed by atoms with Gasteiger partial charge in [-0.15, -0.1) is 19.7 Å². The topological polar surface area (TPSA) is 18.5 Å². The van der Waals surface area contributed by atoms with Crippen molar-refractivity contribution in [3.63, 3.8) is 0 Å². The number of hydrogen-bond donors (Lipinski definition) is 0. The van der Waals surface area contributed by atoms with Gasteiger partial charge in [0.1, 0.15) is 0 Å². The molecule has 2 nitrogen and oxygen atoms in total. The van der Waals surface area contributed by atoms with Gasteiger partial charge in [0.05, 0.1) is 11.2 Å². The van der Waals surface area contributed by atoms with Crippen molar-refractivity contribution in [2.75, 3.05) is 0 Å². The third-order valence-corrected chi connectivity index (χ3v) is 5.04. The van der Waals surface area contributed by atoms with Crippen LogP contribution in [0.15, 0.2) is 38.0 Å². The lowest BCUT2D eigenvalue weighted by atomic mass is 10.2. The quantitative estimate of drug-likeness (QED) is 0.275. The van der Waals surface area contributed by atoms with E-state index in [0.29, 0.717) is 0 Å². The summed E-state index contributed by atoms with van der Waals surface area (Å²) in [5.41, 5.74) is -0.430. The van der Waals surface area contributed by atoms with Gasteiger partial charge in [0, 0.05) is 8.80 Å². The fourth-order valence-corrected chi connectivity index (χ4v) is 3.24. The second-order valence-corrected chi connectivity index (χ2v) is 9.98.